The summed E-state index contributed by atoms with van der Waals surface area (Å²) in [6.07, 6.45) is -0.898. The minimum atomic E-state index is -0.898. The van der Waals surface area contributed by atoms with Gasteiger partial charge in [0, 0.05) is 12.1 Å². The predicted octanol–water partition coefficient (Wildman–Crippen LogP) is 2.69. The predicted molar refractivity (Wildman–Crippen MR) is 76.7 cm³/mol. The summed E-state index contributed by atoms with van der Waals surface area (Å²) in [6, 6.07) is 10.9. The van der Waals surface area contributed by atoms with Gasteiger partial charge in [0.2, 0.25) is 0 Å². The van der Waals surface area contributed by atoms with Crippen LogP contribution in [0, 0.1) is 10.1 Å². The summed E-state index contributed by atoms with van der Waals surface area (Å²) in [5, 5.41) is 21.0. The summed E-state index contributed by atoms with van der Waals surface area (Å²) in [4.78, 5) is 10.1. The fourth-order valence-corrected chi connectivity index (χ4v) is 1.99. The second kappa shape index (κ2) is 6.23. The lowest BCUT2D eigenvalue weighted by atomic mass is 10.0. The van der Waals surface area contributed by atoms with E-state index >= 15 is 0 Å². The second-order valence-electron chi connectivity index (χ2n) is 4.37. The number of hydrogen-bond acceptors (Lipinski definition) is 5. The van der Waals surface area contributed by atoms with Crippen LogP contribution >= 0.6 is 0 Å². The number of methoxy groups -OCH3 is 2. The smallest absolute Gasteiger partial charge is 0.269 e. The number of rotatable bonds is 5. The Morgan fingerprint density at radius 3 is 2.10 bits per heavy atom. The summed E-state index contributed by atoms with van der Waals surface area (Å²) in [7, 11) is 3.05. The van der Waals surface area contributed by atoms with Crippen LogP contribution in [0.15, 0.2) is 42.5 Å². The minimum Gasteiger partial charge on any atom is -0.493 e. The summed E-state index contributed by atoms with van der Waals surface area (Å²) >= 11 is 0. The normalized spacial score (nSPS) is 11.8. The highest BCUT2D eigenvalue weighted by Gasteiger charge is 2.15. The summed E-state index contributed by atoms with van der Waals surface area (Å²) < 4.78 is 10.3. The third-order valence-electron chi connectivity index (χ3n) is 3.14. The molecule has 2 aromatic carbocycles. The van der Waals surface area contributed by atoms with Gasteiger partial charge in [0.1, 0.15) is 6.10 Å². The van der Waals surface area contributed by atoms with E-state index in [9.17, 15) is 15.2 Å². The van der Waals surface area contributed by atoms with Gasteiger partial charge < -0.3 is 14.6 Å². The van der Waals surface area contributed by atoms with Crippen molar-refractivity contribution in [2.45, 2.75) is 6.10 Å². The molecule has 0 bridgehead atoms. The highest BCUT2D eigenvalue weighted by Crippen LogP contribution is 2.32. The van der Waals surface area contributed by atoms with Crippen molar-refractivity contribution in [3.05, 3.63) is 63.7 Å². The van der Waals surface area contributed by atoms with E-state index in [1.54, 1.807) is 18.2 Å². The molecule has 110 valence electrons. The van der Waals surface area contributed by atoms with Crippen LogP contribution in [-0.4, -0.2) is 24.2 Å². The van der Waals surface area contributed by atoms with Crippen LogP contribution in [-0.2, 0) is 0 Å². The Kier molecular flexibility index (Phi) is 4.39. The van der Waals surface area contributed by atoms with E-state index in [4.69, 9.17) is 9.47 Å². The molecule has 0 heterocycles. The molecule has 1 atom stereocenters. The minimum absolute atomic E-state index is 0.0155. The fourth-order valence-electron chi connectivity index (χ4n) is 1.99. The van der Waals surface area contributed by atoms with Gasteiger partial charge in [-0.25, -0.2) is 0 Å². The third kappa shape index (κ3) is 3.11. The molecule has 0 aromatic heterocycles. The van der Waals surface area contributed by atoms with E-state index in [-0.39, 0.29) is 5.69 Å². The Hall–Kier alpha value is -2.60. The van der Waals surface area contributed by atoms with Gasteiger partial charge in [0.25, 0.3) is 5.69 Å². The van der Waals surface area contributed by atoms with Crippen molar-refractivity contribution in [1.82, 2.24) is 0 Å². The fraction of sp³-hybridized carbons (Fsp3) is 0.200. The van der Waals surface area contributed by atoms with Crippen molar-refractivity contribution in [2.24, 2.45) is 0 Å². The van der Waals surface area contributed by atoms with E-state index in [0.29, 0.717) is 22.6 Å². The van der Waals surface area contributed by atoms with Crippen LogP contribution in [0.2, 0.25) is 0 Å². The van der Waals surface area contributed by atoms with E-state index in [0.717, 1.165) is 0 Å². The molecule has 0 aliphatic heterocycles. The van der Waals surface area contributed by atoms with Crippen LogP contribution < -0.4 is 9.47 Å². The monoisotopic (exact) mass is 289 g/mol. The first-order valence-electron chi connectivity index (χ1n) is 6.21. The molecule has 2 rings (SSSR count). The van der Waals surface area contributed by atoms with Gasteiger partial charge in [-0.05, 0) is 35.4 Å². The van der Waals surface area contributed by atoms with E-state index in [1.807, 2.05) is 0 Å². The van der Waals surface area contributed by atoms with Gasteiger partial charge in [-0.2, -0.15) is 0 Å². The van der Waals surface area contributed by atoms with Crippen LogP contribution in [0.25, 0.3) is 0 Å². The molecule has 0 unspecified atom stereocenters. The van der Waals surface area contributed by atoms with Crippen molar-refractivity contribution in [1.29, 1.82) is 0 Å². The van der Waals surface area contributed by atoms with Gasteiger partial charge in [0.15, 0.2) is 11.5 Å². The Morgan fingerprint density at radius 1 is 1.00 bits per heavy atom. The molecule has 0 aliphatic rings. The Balaban J connectivity index is 2.30. The van der Waals surface area contributed by atoms with Crippen molar-refractivity contribution in [2.75, 3.05) is 14.2 Å². The molecule has 0 spiro atoms. The first-order chi connectivity index (χ1) is 10.1. The van der Waals surface area contributed by atoms with Crippen LogP contribution in [0.5, 0.6) is 11.5 Å². The molecular formula is C15H15NO5. The van der Waals surface area contributed by atoms with Gasteiger partial charge in [-0.15, -0.1) is 0 Å². The van der Waals surface area contributed by atoms with Crippen LogP contribution in [0.1, 0.15) is 17.2 Å². The van der Waals surface area contributed by atoms with Crippen LogP contribution in [0.3, 0.4) is 0 Å². The van der Waals surface area contributed by atoms with Gasteiger partial charge >= 0.3 is 0 Å². The Morgan fingerprint density at radius 2 is 1.57 bits per heavy atom. The van der Waals surface area contributed by atoms with Crippen molar-refractivity contribution in [3.8, 4) is 11.5 Å². The highest BCUT2D eigenvalue weighted by atomic mass is 16.6. The highest BCUT2D eigenvalue weighted by molar-refractivity contribution is 5.46. The molecule has 6 nitrogen and oxygen atoms in total. The molecule has 0 saturated heterocycles. The Labute approximate surface area is 121 Å². The number of non-ortho nitro benzene ring substituents is 1. The van der Waals surface area contributed by atoms with Crippen molar-refractivity contribution in [3.63, 3.8) is 0 Å². The number of ether oxygens (including phenoxy) is 2. The Bertz CT molecular complexity index is 639. The largest absolute Gasteiger partial charge is 0.493 e. The summed E-state index contributed by atoms with van der Waals surface area (Å²) in [5.74, 6) is 1.08. The average Bonchev–Trinajstić information content (AvgIpc) is 2.53. The second-order valence-corrected chi connectivity index (χ2v) is 4.37. The summed E-state index contributed by atoms with van der Waals surface area (Å²) in [6.45, 7) is 0. The first kappa shape index (κ1) is 14.8. The molecular weight excluding hydrogens is 274 g/mol. The lowest BCUT2D eigenvalue weighted by Crippen LogP contribution is -2.01. The van der Waals surface area contributed by atoms with Crippen molar-refractivity contribution < 1.29 is 19.5 Å². The summed E-state index contributed by atoms with van der Waals surface area (Å²) in [5.41, 5.74) is 1.16. The number of aliphatic hydroxyl groups is 1. The maximum Gasteiger partial charge on any atom is 0.269 e. The first-order valence-corrected chi connectivity index (χ1v) is 6.21. The number of benzene rings is 2. The standard InChI is InChI=1S/C15H15NO5/c1-20-13-8-5-11(9-14(13)21-2)15(17)10-3-6-12(7-4-10)16(18)19/h3-9,15,17H,1-2H3/t15-/m0/s1. The molecule has 0 aliphatic carbocycles. The molecule has 0 amide bonds. The number of aliphatic hydroxyl groups excluding tert-OH is 1. The number of nitro groups is 1. The van der Waals surface area contributed by atoms with E-state index in [1.165, 1.54) is 38.5 Å². The molecule has 6 heteroatoms. The number of nitro benzene ring substituents is 1. The molecule has 2 aromatic rings. The zero-order valence-corrected chi connectivity index (χ0v) is 11.6. The molecule has 0 radical (unpaired) electrons. The van der Waals surface area contributed by atoms with E-state index in [2.05, 4.69) is 0 Å². The van der Waals surface area contributed by atoms with Gasteiger partial charge in [-0.1, -0.05) is 6.07 Å². The lowest BCUT2D eigenvalue weighted by molar-refractivity contribution is -0.384. The number of nitrogens with zero attached hydrogens (tertiary/aromatic N) is 1. The number of hydrogen-bond donors (Lipinski definition) is 1. The van der Waals surface area contributed by atoms with Gasteiger partial charge in [-0.3, -0.25) is 10.1 Å². The molecule has 21 heavy (non-hydrogen) atoms. The SMILES string of the molecule is COc1ccc([C@@H](O)c2ccc([N+](=O)[O-])cc2)cc1OC. The topological polar surface area (TPSA) is 81.8 Å². The maximum atomic E-state index is 10.6. The average molecular weight is 289 g/mol. The van der Waals surface area contributed by atoms with Gasteiger partial charge in [0.05, 0.1) is 19.1 Å². The molecule has 0 fully saturated rings. The zero-order chi connectivity index (χ0) is 15.4. The molecule has 0 saturated carbocycles. The third-order valence-corrected chi connectivity index (χ3v) is 3.14. The zero-order valence-electron chi connectivity index (χ0n) is 11.6. The van der Waals surface area contributed by atoms with Crippen LogP contribution in [0.4, 0.5) is 5.69 Å². The maximum absolute atomic E-state index is 10.6. The van der Waals surface area contributed by atoms with E-state index < -0.39 is 11.0 Å². The lowest BCUT2D eigenvalue weighted by Gasteiger charge is -2.14. The van der Waals surface area contributed by atoms with Crippen molar-refractivity contribution >= 4 is 5.69 Å². The molecule has 1 N–H and O–H groups in total. The quantitative estimate of drug-likeness (QED) is 0.676.